The van der Waals surface area contributed by atoms with Gasteiger partial charge in [0, 0.05) is 18.0 Å². The molecule has 3 unspecified atom stereocenters. The van der Waals surface area contributed by atoms with E-state index in [1.165, 1.54) is 0 Å². The Kier molecular flexibility index (Phi) is 4.12. The van der Waals surface area contributed by atoms with Gasteiger partial charge in [-0.15, -0.1) is 0 Å². The van der Waals surface area contributed by atoms with E-state index < -0.39 is 0 Å². The van der Waals surface area contributed by atoms with Crippen LogP contribution in [0, 0.1) is 5.92 Å². The Morgan fingerprint density at radius 3 is 2.90 bits per heavy atom. The molecule has 0 radical (unpaired) electrons. The van der Waals surface area contributed by atoms with Crippen molar-refractivity contribution in [3.05, 3.63) is 29.8 Å². The third kappa shape index (κ3) is 3.04. The lowest BCUT2D eigenvalue weighted by Gasteiger charge is -2.27. The van der Waals surface area contributed by atoms with Crippen molar-refractivity contribution < 1.29 is 9.53 Å². The summed E-state index contributed by atoms with van der Waals surface area (Å²) in [5.41, 5.74) is 7.39. The fourth-order valence-corrected chi connectivity index (χ4v) is 2.96. The molecule has 1 amide bonds. The van der Waals surface area contributed by atoms with Crippen LogP contribution in [0.5, 0.6) is 5.75 Å². The molecule has 3 rings (SSSR count). The topological polar surface area (TPSA) is 62.4 Å². The largest absolute Gasteiger partial charge is 0.493 e. The predicted octanol–water partition coefficient (Wildman–Crippen LogP) is 1.52. The van der Waals surface area contributed by atoms with Crippen molar-refractivity contribution >= 4 is 5.91 Å². The smallest absolute Gasteiger partial charge is 0.239 e. The summed E-state index contributed by atoms with van der Waals surface area (Å²) < 4.78 is 5.63. The van der Waals surface area contributed by atoms with Gasteiger partial charge in [-0.2, -0.15) is 0 Å². The van der Waals surface area contributed by atoms with Gasteiger partial charge in [0.25, 0.3) is 0 Å². The molecule has 1 saturated heterocycles. The molecule has 5 nitrogen and oxygen atoms in total. The average Bonchev–Trinajstić information content (AvgIpc) is 2.98. The molecule has 5 heteroatoms. The van der Waals surface area contributed by atoms with Gasteiger partial charge in [-0.25, -0.2) is 5.43 Å². The van der Waals surface area contributed by atoms with Crippen LogP contribution >= 0.6 is 0 Å². The maximum Gasteiger partial charge on any atom is 0.239 e. The maximum absolute atomic E-state index is 12.4. The minimum absolute atomic E-state index is 0.0438. The molecule has 1 aromatic carbocycles. The summed E-state index contributed by atoms with van der Waals surface area (Å²) in [5.74, 6) is 1.46. The van der Waals surface area contributed by atoms with Gasteiger partial charge in [0.15, 0.2) is 0 Å². The zero-order valence-electron chi connectivity index (χ0n) is 12.6. The van der Waals surface area contributed by atoms with Crippen molar-refractivity contribution in [2.45, 2.75) is 44.8 Å². The predicted molar refractivity (Wildman–Crippen MR) is 80.7 cm³/mol. The van der Waals surface area contributed by atoms with E-state index in [1.54, 1.807) is 0 Å². The third-order valence-electron chi connectivity index (χ3n) is 4.33. The summed E-state index contributed by atoms with van der Waals surface area (Å²) in [6, 6.07) is 8.15. The van der Waals surface area contributed by atoms with E-state index in [0.717, 1.165) is 24.2 Å². The minimum atomic E-state index is -0.160. The van der Waals surface area contributed by atoms with Crippen molar-refractivity contribution in [2.75, 3.05) is 6.61 Å². The first kappa shape index (κ1) is 14.4. The zero-order chi connectivity index (χ0) is 14.8. The highest BCUT2D eigenvalue weighted by molar-refractivity contribution is 5.82. The number of fused-ring (bicyclic) bond motifs is 1. The number of ether oxygens (including phenoxy) is 1. The first-order valence-corrected chi connectivity index (χ1v) is 7.68. The van der Waals surface area contributed by atoms with E-state index in [9.17, 15) is 4.79 Å². The number of rotatable bonds is 3. The molecule has 2 aliphatic heterocycles. The minimum Gasteiger partial charge on any atom is -0.493 e. The number of para-hydroxylation sites is 1. The SMILES string of the molecule is CC(C)C1CC(C(=O)NC2CCOc3ccccc32)NN1. The highest BCUT2D eigenvalue weighted by Gasteiger charge is 2.32. The molecule has 1 fully saturated rings. The van der Waals surface area contributed by atoms with Gasteiger partial charge in [-0.05, 0) is 18.4 Å². The number of hydrogen-bond acceptors (Lipinski definition) is 4. The summed E-state index contributed by atoms with van der Waals surface area (Å²) in [6.07, 6.45) is 1.64. The molecule has 21 heavy (non-hydrogen) atoms. The van der Waals surface area contributed by atoms with Crippen LogP contribution in [-0.2, 0) is 4.79 Å². The van der Waals surface area contributed by atoms with Crippen LogP contribution < -0.4 is 20.9 Å². The van der Waals surface area contributed by atoms with Gasteiger partial charge in [0.2, 0.25) is 5.91 Å². The van der Waals surface area contributed by atoms with E-state index in [4.69, 9.17) is 4.74 Å². The van der Waals surface area contributed by atoms with Crippen LogP contribution in [-0.4, -0.2) is 24.6 Å². The van der Waals surface area contributed by atoms with Crippen LogP contribution in [0.2, 0.25) is 0 Å². The molecular formula is C16H23N3O2. The third-order valence-corrected chi connectivity index (χ3v) is 4.33. The fourth-order valence-electron chi connectivity index (χ4n) is 2.96. The lowest BCUT2D eigenvalue weighted by molar-refractivity contribution is -0.123. The molecule has 3 N–H and O–H groups in total. The Morgan fingerprint density at radius 2 is 2.14 bits per heavy atom. The van der Waals surface area contributed by atoms with Gasteiger partial charge in [-0.1, -0.05) is 32.0 Å². The number of carbonyl (C=O) groups is 1. The number of nitrogens with one attached hydrogen (secondary N) is 3. The highest BCUT2D eigenvalue weighted by atomic mass is 16.5. The molecule has 1 aromatic rings. The van der Waals surface area contributed by atoms with Crippen LogP contribution in [0.3, 0.4) is 0 Å². The summed E-state index contributed by atoms with van der Waals surface area (Å²) in [6.45, 7) is 4.97. The number of hydrazine groups is 1. The summed E-state index contributed by atoms with van der Waals surface area (Å²) in [7, 11) is 0. The lowest BCUT2D eigenvalue weighted by Crippen LogP contribution is -2.45. The Labute approximate surface area is 125 Å². The Bertz CT molecular complexity index is 518. The second-order valence-corrected chi connectivity index (χ2v) is 6.16. The van der Waals surface area contributed by atoms with Gasteiger partial charge in [0.1, 0.15) is 11.8 Å². The Hall–Kier alpha value is -1.59. The molecule has 3 atom stereocenters. The van der Waals surface area contributed by atoms with Crippen LogP contribution in [0.1, 0.15) is 38.3 Å². The van der Waals surface area contributed by atoms with E-state index in [1.807, 2.05) is 24.3 Å². The second-order valence-electron chi connectivity index (χ2n) is 6.16. The average molecular weight is 289 g/mol. The van der Waals surface area contributed by atoms with Crippen molar-refractivity contribution in [2.24, 2.45) is 5.92 Å². The standard InChI is InChI=1S/C16H23N3O2/c1-10(2)13-9-14(19-18-13)16(20)17-12-7-8-21-15-6-4-3-5-11(12)15/h3-6,10,12-14,18-19H,7-9H2,1-2H3,(H,17,20). The van der Waals surface area contributed by atoms with Gasteiger partial charge >= 0.3 is 0 Å². The zero-order valence-corrected chi connectivity index (χ0v) is 12.6. The summed E-state index contributed by atoms with van der Waals surface area (Å²) >= 11 is 0. The quantitative estimate of drug-likeness (QED) is 0.789. The van der Waals surface area contributed by atoms with Gasteiger partial charge in [-0.3, -0.25) is 10.2 Å². The maximum atomic E-state index is 12.4. The molecule has 114 valence electrons. The van der Waals surface area contributed by atoms with Crippen molar-refractivity contribution in [3.63, 3.8) is 0 Å². The summed E-state index contributed by atoms with van der Waals surface area (Å²) in [4.78, 5) is 12.4. The normalized spacial score (nSPS) is 28.0. The fraction of sp³-hybridized carbons (Fsp3) is 0.562. The van der Waals surface area contributed by atoms with Gasteiger partial charge < -0.3 is 10.1 Å². The van der Waals surface area contributed by atoms with Crippen molar-refractivity contribution in [1.29, 1.82) is 0 Å². The number of amides is 1. The Balaban J connectivity index is 1.64. The van der Waals surface area contributed by atoms with Crippen LogP contribution in [0.15, 0.2) is 24.3 Å². The van der Waals surface area contributed by atoms with Crippen molar-refractivity contribution in [3.8, 4) is 5.75 Å². The molecular weight excluding hydrogens is 266 g/mol. The highest BCUT2D eigenvalue weighted by Crippen LogP contribution is 2.31. The summed E-state index contributed by atoms with van der Waals surface area (Å²) in [5, 5.41) is 3.16. The van der Waals surface area contributed by atoms with Crippen LogP contribution in [0.4, 0.5) is 0 Å². The molecule has 2 aliphatic rings. The van der Waals surface area contributed by atoms with E-state index in [2.05, 4.69) is 30.0 Å². The number of carbonyl (C=O) groups excluding carboxylic acids is 1. The number of hydrogen-bond donors (Lipinski definition) is 3. The van der Waals surface area contributed by atoms with E-state index >= 15 is 0 Å². The molecule has 0 bridgehead atoms. The lowest BCUT2D eigenvalue weighted by atomic mass is 9.97. The molecule has 0 saturated carbocycles. The number of benzene rings is 1. The van der Waals surface area contributed by atoms with E-state index in [-0.39, 0.29) is 18.0 Å². The Morgan fingerprint density at radius 1 is 1.33 bits per heavy atom. The first-order chi connectivity index (χ1) is 10.1. The monoisotopic (exact) mass is 289 g/mol. The molecule has 0 aromatic heterocycles. The van der Waals surface area contributed by atoms with E-state index in [0.29, 0.717) is 18.6 Å². The van der Waals surface area contributed by atoms with Crippen molar-refractivity contribution in [1.82, 2.24) is 16.2 Å². The molecule has 0 spiro atoms. The van der Waals surface area contributed by atoms with Gasteiger partial charge in [0.05, 0.1) is 12.6 Å². The second kappa shape index (κ2) is 6.03. The van der Waals surface area contributed by atoms with Crippen LogP contribution in [0.25, 0.3) is 0 Å². The molecule has 0 aliphatic carbocycles. The first-order valence-electron chi connectivity index (χ1n) is 7.68. The molecule has 2 heterocycles.